The molecule has 5 nitrogen and oxygen atoms in total. The van der Waals surface area contributed by atoms with Gasteiger partial charge in [-0.05, 0) is 30.5 Å². The van der Waals surface area contributed by atoms with E-state index in [4.69, 9.17) is 5.73 Å². The van der Waals surface area contributed by atoms with Gasteiger partial charge in [0.25, 0.3) is 0 Å². The number of nitrogens with zero attached hydrogens (tertiary/aromatic N) is 1. The van der Waals surface area contributed by atoms with E-state index in [9.17, 15) is 9.59 Å². The van der Waals surface area contributed by atoms with Crippen molar-refractivity contribution in [1.82, 2.24) is 10.2 Å². The number of carbonyl (C=O) groups excluding carboxylic acids is 2. The van der Waals surface area contributed by atoms with Crippen molar-refractivity contribution < 1.29 is 9.59 Å². The predicted octanol–water partition coefficient (Wildman–Crippen LogP) is 2.76. The van der Waals surface area contributed by atoms with E-state index in [-0.39, 0.29) is 36.1 Å². The number of aryl methyl sites for hydroxylation is 1. The molecule has 0 aliphatic carbocycles. The predicted molar refractivity (Wildman–Crippen MR) is 111 cm³/mol. The van der Waals surface area contributed by atoms with Crippen LogP contribution in [0, 0.1) is 12.8 Å². The second-order valence-corrected chi connectivity index (χ2v) is 7.68. The molecule has 28 heavy (non-hydrogen) atoms. The van der Waals surface area contributed by atoms with Crippen LogP contribution in [0.5, 0.6) is 0 Å². The number of nitrogens with one attached hydrogen (secondary N) is 1. The molecule has 3 atom stereocenters. The lowest BCUT2D eigenvalue weighted by molar-refractivity contribution is -0.131. The normalized spacial score (nSPS) is 20.0. The highest BCUT2D eigenvalue weighted by atomic mass is 16.2. The maximum absolute atomic E-state index is 13.0. The van der Waals surface area contributed by atoms with Gasteiger partial charge in [0.1, 0.15) is 0 Å². The first-order chi connectivity index (χ1) is 13.5. The van der Waals surface area contributed by atoms with Crippen molar-refractivity contribution >= 4 is 11.8 Å². The molecule has 1 fully saturated rings. The molecule has 1 aliphatic rings. The average molecular weight is 380 g/mol. The summed E-state index contributed by atoms with van der Waals surface area (Å²) in [5.74, 6) is 0.427. The highest BCUT2D eigenvalue weighted by Gasteiger charge is 2.35. The Morgan fingerprint density at radius 3 is 2.39 bits per heavy atom. The van der Waals surface area contributed by atoms with Crippen LogP contribution in [0.4, 0.5) is 0 Å². The molecule has 0 aromatic heterocycles. The standard InChI is InChI=1S/C23H29N3O2/c1-16-8-10-19(11-9-16)22(25-17(2)27)12-23(28)26-14-20(13-24)21(15-26)18-6-4-3-5-7-18/h3-11,20-22H,12-15,24H2,1-2H3,(H,25,27)/t20-,21+,22?/m1/s1. The largest absolute Gasteiger partial charge is 0.349 e. The third-order valence-corrected chi connectivity index (χ3v) is 5.56. The molecule has 148 valence electrons. The van der Waals surface area contributed by atoms with Crippen LogP contribution < -0.4 is 11.1 Å². The minimum absolute atomic E-state index is 0.0520. The summed E-state index contributed by atoms with van der Waals surface area (Å²) >= 11 is 0. The number of likely N-dealkylation sites (tertiary alicyclic amines) is 1. The van der Waals surface area contributed by atoms with Crippen LogP contribution in [0.15, 0.2) is 54.6 Å². The first-order valence-corrected chi connectivity index (χ1v) is 9.84. The van der Waals surface area contributed by atoms with Gasteiger partial charge in [0, 0.05) is 25.9 Å². The molecule has 0 bridgehead atoms. The molecule has 3 rings (SSSR count). The lowest BCUT2D eigenvalue weighted by Gasteiger charge is -2.22. The zero-order valence-electron chi connectivity index (χ0n) is 16.6. The molecular formula is C23H29N3O2. The quantitative estimate of drug-likeness (QED) is 0.810. The number of rotatable bonds is 6. The molecule has 0 radical (unpaired) electrons. The zero-order chi connectivity index (χ0) is 20.1. The minimum atomic E-state index is -0.322. The van der Waals surface area contributed by atoms with Gasteiger partial charge in [0.2, 0.25) is 11.8 Å². The van der Waals surface area contributed by atoms with Gasteiger partial charge in [0.15, 0.2) is 0 Å². The first kappa shape index (κ1) is 20.1. The number of nitrogens with two attached hydrogens (primary N) is 1. The summed E-state index contributed by atoms with van der Waals surface area (Å²) in [6, 6.07) is 17.9. The molecule has 0 spiro atoms. The molecule has 3 N–H and O–H groups in total. The number of hydrogen-bond acceptors (Lipinski definition) is 3. The van der Waals surface area contributed by atoms with Crippen molar-refractivity contribution in [2.45, 2.75) is 32.2 Å². The lowest BCUT2D eigenvalue weighted by atomic mass is 9.89. The van der Waals surface area contributed by atoms with Crippen molar-refractivity contribution in [3.63, 3.8) is 0 Å². The molecule has 1 unspecified atom stereocenters. The molecule has 5 heteroatoms. The Morgan fingerprint density at radius 1 is 1.11 bits per heavy atom. The summed E-state index contributed by atoms with van der Waals surface area (Å²) in [4.78, 5) is 26.6. The molecule has 1 heterocycles. The summed E-state index contributed by atoms with van der Waals surface area (Å²) in [6.45, 7) is 5.39. The second-order valence-electron chi connectivity index (χ2n) is 7.68. The smallest absolute Gasteiger partial charge is 0.225 e. The van der Waals surface area contributed by atoms with Crippen molar-refractivity contribution in [2.75, 3.05) is 19.6 Å². The summed E-state index contributed by atoms with van der Waals surface area (Å²) in [6.07, 6.45) is 0.251. The third-order valence-electron chi connectivity index (χ3n) is 5.56. The average Bonchev–Trinajstić information content (AvgIpc) is 3.13. The third kappa shape index (κ3) is 4.78. The Kier molecular flexibility index (Phi) is 6.47. The maximum Gasteiger partial charge on any atom is 0.225 e. The Morgan fingerprint density at radius 2 is 1.79 bits per heavy atom. The SMILES string of the molecule is CC(=O)NC(CC(=O)N1C[C@@H](CN)[C@H](c2ccccc2)C1)c1ccc(C)cc1. The van der Waals surface area contributed by atoms with Crippen LogP contribution in [-0.4, -0.2) is 36.3 Å². The Labute approximate surface area is 166 Å². The van der Waals surface area contributed by atoms with Gasteiger partial charge >= 0.3 is 0 Å². The maximum atomic E-state index is 13.0. The number of hydrogen-bond donors (Lipinski definition) is 2. The van der Waals surface area contributed by atoms with Crippen molar-refractivity contribution in [3.8, 4) is 0 Å². The van der Waals surface area contributed by atoms with Crippen molar-refractivity contribution in [2.24, 2.45) is 11.7 Å². The fraction of sp³-hybridized carbons (Fsp3) is 0.391. The summed E-state index contributed by atoms with van der Waals surface area (Å²) < 4.78 is 0. The van der Waals surface area contributed by atoms with Crippen molar-refractivity contribution in [3.05, 3.63) is 71.3 Å². The number of carbonyl (C=O) groups is 2. The molecule has 2 aromatic carbocycles. The van der Waals surface area contributed by atoms with Gasteiger partial charge in [0.05, 0.1) is 12.5 Å². The van der Waals surface area contributed by atoms with Crippen molar-refractivity contribution in [1.29, 1.82) is 0 Å². The van der Waals surface area contributed by atoms with E-state index in [2.05, 4.69) is 17.4 Å². The lowest BCUT2D eigenvalue weighted by Crippen LogP contribution is -2.35. The number of amides is 2. The highest BCUT2D eigenvalue weighted by molar-refractivity contribution is 5.79. The molecule has 1 aliphatic heterocycles. The fourth-order valence-electron chi connectivity index (χ4n) is 3.99. The first-order valence-electron chi connectivity index (χ1n) is 9.84. The molecule has 2 aromatic rings. The van der Waals surface area contributed by atoms with Gasteiger partial charge in [-0.1, -0.05) is 60.2 Å². The van der Waals surface area contributed by atoms with Crippen LogP contribution in [0.2, 0.25) is 0 Å². The van der Waals surface area contributed by atoms with Crippen LogP contribution in [0.3, 0.4) is 0 Å². The Balaban J connectivity index is 1.72. The van der Waals surface area contributed by atoms with E-state index in [1.54, 1.807) is 0 Å². The van der Waals surface area contributed by atoms with E-state index >= 15 is 0 Å². The van der Waals surface area contributed by atoms with Crippen LogP contribution in [0.1, 0.15) is 42.0 Å². The Bertz CT molecular complexity index is 804. The van der Waals surface area contributed by atoms with Gasteiger partial charge in [-0.15, -0.1) is 0 Å². The van der Waals surface area contributed by atoms with Crippen LogP contribution in [0.25, 0.3) is 0 Å². The van der Waals surface area contributed by atoms with E-state index in [1.807, 2.05) is 54.3 Å². The molecule has 1 saturated heterocycles. The van der Waals surface area contributed by atoms with Gasteiger partial charge in [-0.25, -0.2) is 0 Å². The second kappa shape index (κ2) is 9.02. The summed E-state index contributed by atoms with van der Waals surface area (Å²) in [5, 5.41) is 2.93. The van der Waals surface area contributed by atoms with E-state index in [0.717, 1.165) is 11.1 Å². The molecular weight excluding hydrogens is 350 g/mol. The Hall–Kier alpha value is -2.66. The monoisotopic (exact) mass is 379 g/mol. The minimum Gasteiger partial charge on any atom is -0.349 e. The molecule has 0 saturated carbocycles. The van der Waals surface area contributed by atoms with Gasteiger partial charge in [-0.3, -0.25) is 9.59 Å². The van der Waals surface area contributed by atoms with Crippen LogP contribution >= 0.6 is 0 Å². The van der Waals surface area contributed by atoms with Crippen LogP contribution in [-0.2, 0) is 9.59 Å². The van der Waals surface area contributed by atoms with E-state index < -0.39 is 0 Å². The summed E-state index contributed by atoms with van der Waals surface area (Å²) in [5.41, 5.74) is 9.32. The van der Waals surface area contributed by atoms with E-state index in [1.165, 1.54) is 12.5 Å². The highest BCUT2D eigenvalue weighted by Crippen LogP contribution is 2.33. The molecule has 2 amide bonds. The fourth-order valence-corrected chi connectivity index (χ4v) is 3.99. The zero-order valence-corrected chi connectivity index (χ0v) is 16.6. The van der Waals surface area contributed by atoms with Gasteiger partial charge in [-0.2, -0.15) is 0 Å². The van der Waals surface area contributed by atoms with Gasteiger partial charge < -0.3 is 16.0 Å². The number of benzene rings is 2. The topological polar surface area (TPSA) is 75.4 Å². The summed E-state index contributed by atoms with van der Waals surface area (Å²) in [7, 11) is 0. The van der Waals surface area contributed by atoms with E-state index in [0.29, 0.717) is 19.6 Å².